The molecule has 0 aliphatic heterocycles. The van der Waals surface area contributed by atoms with Crippen LogP contribution in [-0.4, -0.2) is 28.3 Å². The number of nitrogens with one attached hydrogen (secondary N) is 1. The second-order valence-corrected chi connectivity index (χ2v) is 5.95. The van der Waals surface area contributed by atoms with Gasteiger partial charge in [-0.2, -0.15) is 18.3 Å². The van der Waals surface area contributed by atoms with E-state index in [4.69, 9.17) is 16.3 Å². The highest BCUT2D eigenvalue weighted by atomic mass is 35.5. The van der Waals surface area contributed by atoms with E-state index in [1.165, 1.54) is 0 Å². The molecule has 0 saturated heterocycles. The molecular weight excluding hydrogens is 375 g/mol. The lowest BCUT2D eigenvalue weighted by atomic mass is 10.1. The van der Waals surface area contributed by atoms with Gasteiger partial charge in [-0.05, 0) is 37.1 Å². The summed E-state index contributed by atoms with van der Waals surface area (Å²) in [7, 11) is 0. The third-order valence-electron chi connectivity index (χ3n) is 3.28. The summed E-state index contributed by atoms with van der Waals surface area (Å²) in [5.74, 6) is -1.52. The lowest BCUT2D eigenvalue weighted by Crippen LogP contribution is -2.23. The summed E-state index contributed by atoms with van der Waals surface area (Å²) in [6, 6.07) is 4.23. The fraction of sp³-hybridized carbons (Fsp3) is 0.312. The summed E-state index contributed by atoms with van der Waals surface area (Å²) in [5, 5.41) is 6.10. The smallest absolute Gasteiger partial charge is 0.435 e. The molecule has 1 amide bonds. The minimum Gasteiger partial charge on any atom is -0.454 e. The van der Waals surface area contributed by atoms with Crippen LogP contribution in [0.15, 0.2) is 24.4 Å². The lowest BCUT2D eigenvalue weighted by molar-refractivity contribution is -0.148. The van der Waals surface area contributed by atoms with Crippen molar-refractivity contribution in [1.29, 1.82) is 0 Å². The Morgan fingerprint density at radius 3 is 2.58 bits per heavy atom. The van der Waals surface area contributed by atoms with Crippen molar-refractivity contribution in [2.24, 2.45) is 0 Å². The minimum absolute atomic E-state index is 0.346. The molecule has 10 heteroatoms. The third kappa shape index (κ3) is 5.22. The molecule has 1 heterocycles. The molecule has 140 valence electrons. The number of carbonyl (C=O) groups is 2. The predicted octanol–water partition coefficient (Wildman–Crippen LogP) is 3.35. The lowest BCUT2D eigenvalue weighted by Gasteiger charge is -2.12. The summed E-state index contributed by atoms with van der Waals surface area (Å²) in [6.07, 6.45) is -3.60. The van der Waals surface area contributed by atoms with Gasteiger partial charge in [0.1, 0.15) is 6.54 Å². The van der Waals surface area contributed by atoms with E-state index >= 15 is 0 Å². The Morgan fingerprint density at radius 1 is 1.31 bits per heavy atom. The molecule has 2 aromatic rings. The summed E-state index contributed by atoms with van der Waals surface area (Å²) in [4.78, 5) is 23.5. The number of alkyl halides is 3. The van der Waals surface area contributed by atoms with Crippen LogP contribution in [0.5, 0.6) is 0 Å². The number of ether oxygens (including phenoxy) is 1. The Hall–Kier alpha value is -2.55. The minimum atomic E-state index is -4.60. The molecule has 0 saturated carbocycles. The van der Waals surface area contributed by atoms with Crippen LogP contribution >= 0.6 is 11.6 Å². The number of anilines is 1. The number of carbonyl (C=O) groups excluding carboxylic acids is 2. The molecule has 1 aromatic heterocycles. The molecule has 6 nitrogen and oxygen atoms in total. The van der Waals surface area contributed by atoms with Crippen LogP contribution in [0.3, 0.4) is 0 Å². The molecule has 0 atom stereocenters. The largest absolute Gasteiger partial charge is 0.454 e. The van der Waals surface area contributed by atoms with Gasteiger partial charge in [-0.15, -0.1) is 0 Å². The van der Waals surface area contributed by atoms with Gasteiger partial charge in [-0.1, -0.05) is 17.7 Å². The van der Waals surface area contributed by atoms with E-state index in [0.29, 0.717) is 10.7 Å². The maximum absolute atomic E-state index is 12.4. The van der Waals surface area contributed by atoms with Crippen molar-refractivity contribution < 1.29 is 27.5 Å². The topological polar surface area (TPSA) is 73.2 Å². The summed E-state index contributed by atoms with van der Waals surface area (Å²) >= 11 is 6.06. The number of hydrogen-bond acceptors (Lipinski definition) is 4. The first kappa shape index (κ1) is 19.8. The molecule has 1 N–H and O–H groups in total. The molecule has 26 heavy (non-hydrogen) atoms. The Morgan fingerprint density at radius 2 is 2.00 bits per heavy atom. The van der Waals surface area contributed by atoms with E-state index in [9.17, 15) is 22.8 Å². The Bertz CT molecular complexity index is 811. The first-order valence-electron chi connectivity index (χ1n) is 7.39. The number of aryl methyl sites for hydroxylation is 2. The van der Waals surface area contributed by atoms with Crippen molar-refractivity contribution in [3.8, 4) is 0 Å². The van der Waals surface area contributed by atoms with Crippen LogP contribution in [0.4, 0.5) is 18.9 Å². The number of esters is 1. The van der Waals surface area contributed by atoms with Crippen LogP contribution < -0.4 is 5.32 Å². The van der Waals surface area contributed by atoms with E-state index in [1.807, 2.05) is 13.0 Å². The molecule has 0 aliphatic rings. The summed E-state index contributed by atoms with van der Waals surface area (Å²) < 4.78 is 42.8. The number of benzene rings is 1. The number of nitrogens with zero attached hydrogens (tertiary/aromatic N) is 2. The summed E-state index contributed by atoms with van der Waals surface area (Å²) in [6.45, 7) is 2.46. The maximum Gasteiger partial charge on any atom is 0.435 e. The molecule has 0 spiro atoms. The van der Waals surface area contributed by atoms with Crippen LogP contribution in [-0.2, 0) is 27.0 Å². The molecule has 2 rings (SSSR count). The average molecular weight is 390 g/mol. The van der Waals surface area contributed by atoms with E-state index < -0.39 is 36.9 Å². The van der Waals surface area contributed by atoms with Gasteiger partial charge < -0.3 is 10.1 Å². The first-order valence-corrected chi connectivity index (χ1v) is 7.77. The van der Waals surface area contributed by atoms with Gasteiger partial charge in [0, 0.05) is 6.20 Å². The molecule has 1 aromatic carbocycles. The van der Waals surface area contributed by atoms with Crippen molar-refractivity contribution in [2.45, 2.75) is 26.6 Å². The standard InChI is InChI=1S/C16H15ClF3N3O3/c1-9-5-10(2)15(11(17)6-9)21-13(24)8-26-14(25)7-23-4-3-12(22-23)16(18,19)20/h3-6H,7-8H2,1-2H3,(H,21,24). The highest BCUT2D eigenvalue weighted by Crippen LogP contribution is 2.28. The monoisotopic (exact) mass is 389 g/mol. The molecular formula is C16H15ClF3N3O3. The average Bonchev–Trinajstić information content (AvgIpc) is 2.97. The number of rotatable bonds is 5. The molecule has 0 radical (unpaired) electrons. The number of aromatic nitrogens is 2. The second kappa shape index (κ2) is 7.77. The van der Waals surface area contributed by atoms with Crippen LogP contribution in [0.25, 0.3) is 0 Å². The van der Waals surface area contributed by atoms with Crippen LogP contribution in [0, 0.1) is 13.8 Å². The zero-order valence-corrected chi connectivity index (χ0v) is 14.6. The van der Waals surface area contributed by atoms with Crippen molar-refractivity contribution in [3.63, 3.8) is 0 Å². The quantitative estimate of drug-likeness (QED) is 0.796. The van der Waals surface area contributed by atoms with E-state index in [-0.39, 0.29) is 0 Å². The van der Waals surface area contributed by atoms with E-state index in [1.54, 1.807) is 13.0 Å². The Kier molecular flexibility index (Phi) is 5.91. The van der Waals surface area contributed by atoms with Gasteiger partial charge in [-0.3, -0.25) is 14.3 Å². The number of halogens is 4. The first-order chi connectivity index (χ1) is 12.1. The molecule has 0 aliphatic carbocycles. The van der Waals surface area contributed by atoms with Crippen LogP contribution in [0.2, 0.25) is 5.02 Å². The number of hydrogen-bond donors (Lipinski definition) is 1. The zero-order valence-electron chi connectivity index (χ0n) is 13.9. The molecule has 0 fully saturated rings. The van der Waals surface area contributed by atoms with Gasteiger partial charge in [0.15, 0.2) is 12.3 Å². The number of amides is 1. The van der Waals surface area contributed by atoms with Gasteiger partial charge in [-0.25, -0.2) is 0 Å². The highest BCUT2D eigenvalue weighted by molar-refractivity contribution is 6.34. The fourth-order valence-corrected chi connectivity index (χ4v) is 2.54. The van der Waals surface area contributed by atoms with Gasteiger partial charge in [0.05, 0.1) is 10.7 Å². The van der Waals surface area contributed by atoms with Gasteiger partial charge in [0.25, 0.3) is 5.91 Å². The van der Waals surface area contributed by atoms with Crippen molar-refractivity contribution >= 4 is 29.2 Å². The van der Waals surface area contributed by atoms with Crippen LogP contribution in [0.1, 0.15) is 16.8 Å². The van der Waals surface area contributed by atoms with Gasteiger partial charge >= 0.3 is 12.1 Å². The summed E-state index contributed by atoms with van der Waals surface area (Å²) in [5.41, 5.74) is 0.952. The molecule has 0 bridgehead atoms. The Labute approximate surface area is 151 Å². The molecule has 0 unspecified atom stereocenters. The van der Waals surface area contributed by atoms with Gasteiger partial charge in [0.2, 0.25) is 0 Å². The third-order valence-corrected chi connectivity index (χ3v) is 3.58. The maximum atomic E-state index is 12.4. The predicted molar refractivity (Wildman–Crippen MR) is 87.7 cm³/mol. The van der Waals surface area contributed by atoms with Crippen molar-refractivity contribution in [3.05, 3.63) is 46.2 Å². The highest BCUT2D eigenvalue weighted by Gasteiger charge is 2.33. The zero-order chi connectivity index (χ0) is 19.5. The van der Waals surface area contributed by atoms with E-state index in [2.05, 4.69) is 10.4 Å². The van der Waals surface area contributed by atoms with E-state index in [0.717, 1.165) is 28.1 Å². The second-order valence-electron chi connectivity index (χ2n) is 5.54. The van der Waals surface area contributed by atoms with Crippen molar-refractivity contribution in [2.75, 3.05) is 11.9 Å². The van der Waals surface area contributed by atoms with Crippen molar-refractivity contribution in [1.82, 2.24) is 9.78 Å². The SMILES string of the molecule is Cc1cc(C)c(NC(=O)COC(=O)Cn2ccc(C(F)(F)F)n2)c(Cl)c1. The Balaban J connectivity index is 1.87. The fourth-order valence-electron chi connectivity index (χ4n) is 2.17. The normalized spacial score (nSPS) is 11.3.